The Morgan fingerprint density at radius 2 is 2.00 bits per heavy atom. The van der Waals surface area contributed by atoms with Gasteiger partial charge in [0.05, 0.1) is 21.4 Å². The molecule has 3 unspecified atom stereocenters. The summed E-state index contributed by atoms with van der Waals surface area (Å²) >= 11 is 5.77. The third-order valence-corrected chi connectivity index (χ3v) is 5.00. The van der Waals surface area contributed by atoms with Crippen LogP contribution in [0.25, 0.3) is 0 Å². The Labute approximate surface area is 131 Å². The summed E-state index contributed by atoms with van der Waals surface area (Å²) in [7, 11) is -1.65. The van der Waals surface area contributed by atoms with E-state index in [2.05, 4.69) is 5.32 Å². The largest absolute Gasteiger partial charge is 0.478 e. The number of halogens is 1. The molecule has 0 aromatic heterocycles. The lowest BCUT2D eigenvalue weighted by atomic mass is 10.2. The lowest BCUT2D eigenvalue weighted by molar-refractivity contribution is -0.120. The van der Waals surface area contributed by atoms with Crippen LogP contribution >= 0.6 is 11.6 Å². The molecule has 1 amide bonds. The number of carbonyl (C=O) groups excluding carboxylic acids is 1. The number of hydrogen-bond donors (Lipinski definition) is 2. The highest BCUT2D eigenvalue weighted by molar-refractivity contribution is 7.86. The molecule has 116 valence electrons. The average Bonchev–Trinajstić information content (AvgIpc) is 2.45. The zero-order chi connectivity index (χ0) is 16.2. The number of rotatable bonds is 6. The van der Waals surface area contributed by atoms with Crippen LogP contribution in [0.4, 0.5) is 0 Å². The van der Waals surface area contributed by atoms with Gasteiger partial charge in [0.25, 0.3) is 0 Å². The Morgan fingerprint density at radius 1 is 1.38 bits per heavy atom. The van der Waals surface area contributed by atoms with E-state index < -0.39 is 22.0 Å². The van der Waals surface area contributed by atoms with Crippen molar-refractivity contribution in [3.63, 3.8) is 0 Å². The van der Waals surface area contributed by atoms with Crippen LogP contribution in [0.1, 0.15) is 37.6 Å². The number of aromatic carboxylic acids is 1. The first-order valence-corrected chi connectivity index (χ1v) is 8.10. The van der Waals surface area contributed by atoms with Gasteiger partial charge in [-0.25, -0.2) is 4.79 Å². The molecular formula is C14H18ClNO4S. The van der Waals surface area contributed by atoms with Crippen LogP contribution < -0.4 is 5.32 Å². The molecule has 7 heteroatoms. The molecule has 0 heterocycles. The van der Waals surface area contributed by atoms with Gasteiger partial charge >= 0.3 is 5.97 Å². The SMILES string of the molecule is CCC(C)NC(=O)C(C)S(=O)c1ccc(Cl)c(C(=O)O)c1. The van der Waals surface area contributed by atoms with E-state index in [1.165, 1.54) is 18.2 Å². The Kier molecular flexibility index (Phi) is 6.36. The molecule has 21 heavy (non-hydrogen) atoms. The van der Waals surface area contributed by atoms with Crippen molar-refractivity contribution in [2.75, 3.05) is 0 Å². The molecule has 0 aliphatic carbocycles. The quantitative estimate of drug-likeness (QED) is 0.838. The number of amides is 1. The maximum Gasteiger partial charge on any atom is 0.337 e. The Bertz CT molecular complexity index is 576. The van der Waals surface area contributed by atoms with Gasteiger partial charge in [-0.3, -0.25) is 9.00 Å². The summed E-state index contributed by atoms with van der Waals surface area (Å²) in [5.74, 6) is -1.52. The zero-order valence-electron chi connectivity index (χ0n) is 12.1. The fraction of sp³-hybridized carbons (Fsp3) is 0.429. The molecule has 0 radical (unpaired) electrons. The predicted molar refractivity (Wildman–Crippen MR) is 82.2 cm³/mol. The van der Waals surface area contributed by atoms with Crippen LogP contribution in [0.2, 0.25) is 5.02 Å². The lowest BCUT2D eigenvalue weighted by Gasteiger charge is -2.16. The molecule has 0 spiro atoms. The van der Waals surface area contributed by atoms with Crippen LogP contribution in [-0.4, -0.2) is 32.5 Å². The van der Waals surface area contributed by atoms with Crippen LogP contribution in [0.15, 0.2) is 23.1 Å². The summed E-state index contributed by atoms with van der Waals surface area (Å²) in [6.07, 6.45) is 0.773. The number of carboxylic acid groups (broad SMARTS) is 1. The molecule has 0 aliphatic rings. The van der Waals surface area contributed by atoms with Gasteiger partial charge in [-0.1, -0.05) is 18.5 Å². The van der Waals surface area contributed by atoms with E-state index in [9.17, 15) is 13.8 Å². The van der Waals surface area contributed by atoms with Gasteiger partial charge in [0.15, 0.2) is 0 Å². The Hall–Kier alpha value is -1.40. The zero-order valence-corrected chi connectivity index (χ0v) is 13.6. The minimum atomic E-state index is -1.65. The minimum Gasteiger partial charge on any atom is -0.478 e. The summed E-state index contributed by atoms with van der Waals surface area (Å²) in [4.78, 5) is 23.3. The highest BCUT2D eigenvalue weighted by atomic mass is 35.5. The molecule has 0 fully saturated rings. The van der Waals surface area contributed by atoms with E-state index in [0.29, 0.717) is 0 Å². The number of hydrogen-bond acceptors (Lipinski definition) is 3. The van der Waals surface area contributed by atoms with Crippen molar-refractivity contribution in [2.24, 2.45) is 0 Å². The molecule has 1 aromatic carbocycles. The van der Waals surface area contributed by atoms with Crippen molar-refractivity contribution in [3.05, 3.63) is 28.8 Å². The van der Waals surface area contributed by atoms with Gasteiger partial charge < -0.3 is 10.4 Å². The van der Waals surface area contributed by atoms with Gasteiger partial charge in [0, 0.05) is 10.9 Å². The standard InChI is InChI=1S/C14H18ClNO4S/c1-4-8(2)16-13(17)9(3)21(20)10-5-6-12(15)11(7-10)14(18)19/h5-9H,4H2,1-3H3,(H,16,17)(H,18,19). The van der Waals surface area contributed by atoms with Crippen molar-refractivity contribution in [1.82, 2.24) is 5.32 Å². The molecule has 2 N–H and O–H groups in total. The maximum atomic E-state index is 12.4. The third-order valence-electron chi connectivity index (χ3n) is 3.09. The molecule has 0 saturated carbocycles. The Balaban J connectivity index is 2.95. The highest BCUT2D eigenvalue weighted by Crippen LogP contribution is 2.21. The first-order chi connectivity index (χ1) is 9.77. The number of carbonyl (C=O) groups is 2. The number of benzene rings is 1. The van der Waals surface area contributed by atoms with Crippen LogP contribution in [0.5, 0.6) is 0 Å². The van der Waals surface area contributed by atoms with Gasteiger partial charge in [0.2, 0.25) is 5.91 Å². The van der Waals surface area contributed by atoms with Crippen molar-refractivity contribution in [3.8, 4) is 0 Å². The van der Waals surface area contributed by atoms with Crippen molar-refractivity contribution in [1.29, 1.82) is 0 Å². The van der Waals surface area contributed by atoms with Crippen molar-refractivity contribution in [2.45, 2.75) is 43.4 Å². The third kappa shape index (κ3) is 4.54. The fourth-order valence-electron chi connectivity index (χ4n) is 1.56. The minimum absolute atomic E-state index is 0.00301. The second-order valence-electron chi connectivity index (χ2n) is 4.70. The summed E-state index contributed by atoms with van der Waals surface area (Å²) in [5.41, 5.74) is -0.128. The Morgan fingerprint density at radius 3 is 2.52 bits per heavy atom. The fourth-order valence-corrected chi connectivity index (χ4v) is 2.86. The van der Waals surface area contributed by atoms with E-state index in [0.717, 1.165) is 6.42 Å². The van der Waals surface area contributed by atoms with E-state index in [1.807, 2.05) is 13.8 Å². The molecule has 1 aromatic rings. The first kappa shape index (κ1) is 17.7. The van der Waals surface area contributed by atoms with E-state index >= 15 is 0 Å². The van der Waals surface area contributed by atoms with Crippen LogP contribution in [0, 0.1) is 0 Å². The molecule has 0 bridgehead atoms. The maximum absolute atomic E-state index is 12.4. The second kappa shape index (κ2) is 7.56. The molecule has 1 rings (SSSR count). The summed E-state index contributed by atoms with van der Waals surface area (Å²) in [6.45, 7) is 5.34. The van der Waals surface area contributed by atoms with Crippen molar-refractivity contribution >= 4 is 34.3 Å². The monoisotopic (exact) mass is 331 g/mol. The lowest BCUT2D eigenvalue weighted by Crippen LogP contribution is -2.40. The number of nitrogens with one attached hydrogen (secondary N) is 1. The summed E-state index contributed by atoms with van der Waals surface area (Å²) < 4.78 is 12.4. The normalized spacial score (nSPS) is 15.0. The van der Waals surface area contributed by atoms with E-state index in [4.69, 9.17) is 16.7 Å². The molecule has 3 atom stereocenters. The van der Waals surface area contributed by atoms with Gasteiger partial charge in [-0.2, -0.15) is 0 Å². The summed E-state index contributed by atoms with van der Waals surface area (Å²) in [5, 5.41) is 11.1. The molecule has 0 saturated heterocycles. The van der Waals surface area contributed by atoms with Crippen LogP contribution in [-0.2, 0) is 15.6 Å². The van der Waals surface area contributed by atoms with E-state index in [1.54, 1.807) is 6.92 Å². The highest BCUT2D eigenvalue weighted by Gasteiger charge is 2.23. The summed E-state index contributed by atoms with van der Waals surface area (Å²) in [6, 6.07) is 4.08. The molecule has 5 nitrogen and oxygen atoms in total. The topological polar surface area (TPSA) is 83.5 Å². The van der Waals surface area contributed by atoms with Gasteiger partial charge in [-0.15, -0.1) is 0 Å². The van der Waals surface area contributed by atoms with Crippen molar-refractivity contribution < 1.29 is 18.9 Å². The second-order valence-corrected chi connectivity index (χ2v) is 6.88. The number of carboxylic acids is 1. The van der Waals surface area contributed by atoms with Crippen LogP contribution in [0.3, 0.4) is 0 Å². The van der Waals surface area contributed by atoms with E-state index in [-0.39, 0.29) is 27.4 Å². The molecule has 0 aliphatic heterocycles. The molecular weight excluding hydrogens is 314 g/mol. The average molecular weight is 332 g/mol. The smallest absolute Gasteiger partial charge is 0.337 e. The predicted octanol–water partition coefficient (Wildman–Crippen LogP) is 2.45. The first-order valence-electron chi connectivity index (χ1n) is 6.51. The van der Waals surface area contributed by atoms with Gasteiger partial charge in [-0.05, 0) is 38.5 Å². The van der Waals surface area contributed by atoms with Gasteiger partial charge in [0.1, 0.15) is 5.25 Å².